The largest absolute Gasteiger partial charge is 0.339 e. The summed E-state index contributed by atoms with van der Waals surface area (Å²) < 4.78 is 0. The lowest BCUT2D eigenvalue weighted by Gasteiger charge is -2.35. The van der Waals surface area contributed by atoms with Gasteiger partial charge in [0.05, 0.1) is 23.6 Å². The van der Waals surface area contributed by atoms with E-state index in [1.807, 2.05) is 37.5 Å². The number of rotatable bonds is 5. The van der Waals surface area contributed by atoms with Crippen molar-refractivity contribution in [2.75, 3.05) is 11.9 Å². The van der Waals surface area contributed by atoms with Crippen LogP contribution < -0.4 is 5.32 Å². The summed E-state index contributed by atoms with van der Waals surface area (Å²) in [6.07, 6.45) is 8.96. The second-order valence-electron chi connectivity index (χ2n) is 7.75. The Morgan fingerprint density at radius 1 is 1.13 bits per heavy atom. The molecule has 0 amide bonds. The molecular weight excluding hydrogens is 374 g/mol. The summed E-state index contributed by atoms with van der Waals surface area (Å²) in [4.78, 5) is 20.3. The summed E-state index contributed by atoms with van der Waals surface area (Å²) in [5.74, 6) is 1.48. The molecule has 1 N–H and O–H groups in total. The van der Waals surface area contributed by atoms with Crippen LogP contribution in [0, 0.1) is 25.2 Å². The zero-order valence-electron chi connectivity index (χ0n) is 17.3. The number of pyridine rings is 2. The van der Waals surface area contributed by atoms with Gasteiger partial charge in [-0.15, -0.1) is 0 Å². The Balaban J connectivity index is 1.57. The number of piperidine rings is 1. The standard InChI is InChI=1S/C23H25N7/c1-16-9-18(13-25-12-16)15-30-8-4-3-5-22(30)21-10-23(28-17(2)27-21)29-20-7-6-19(11-24)26-14-20/h6-7,9-10,12-14,22H,3-5,8,15H2,1-2H3,(H,27,28,29)/t22-/m1/s1. The van der Waals surface area contributed by atoms with Crippen molar-refractivity contribution >= 4 is 11.5 Å². The van der Waals surface area contributed by atoms with E-state index in [1.165, 1.54) is 24.0 Å². The average Bonchev–Trinajstić information content (AvgIpc) is 2.74. The Kier molecular flexibility index (Phi) is 5.96. The van der Waals surface area contributed by atoms with Crippen LogP contribution in [0.15, 0.2) is 42.9 Å². The fourth-order valence-electron chi connectivity index (χ4n) is 3.96. The van der Waals surface area contributed by atoms with Crippen molar-refractivity contribution in [3.63, 3.8) is 0 Å². The predicted octanol–water partition coefficient (Wildman–Crippen LogP) is 4.23. The number of nitrogens with one attached hydrogen (secondary N) is 1. The lowest BCUT2D eigenvalue weighted by Crippen LogP contribution is -2.33. The molecule has 1 aliphatic rings. The van der Waals surface area contributed by atoms with E-state index in [-0.39, 0.29) is 6.04 Å². The molecule has 0 aromatic carbocycles. The maximum atomic E-state index is 8.92. The maximum absolute atomic E-state index is 8.92. The van der Waals surface area contributed by atoms with Gasteiger partial charge in [-0.25, -0.2) is 15.0 Å². The van der Waals surface area contributed by atoms with Gasteiger partial charge in [0.2, 0.25) is 0 Å². The highest BCUT2D eigenvalue weighted by atomic mass is 15.2. The van der Waals surface area contributed by atoms with E-state index in [1.54, 1.807) is 12.3 Å². The van der Waals surface area contributed by atoms with Crippen molar-refractivity contribution in [3.05, 3.63) is 71.2 Å². The van der Waals surface area contributed by atoms with Gasteiger partial charge in [-0.2, -0.15) is 5.26 Å². The Hall–Kier alpha value is -3.37. The highest BCUT2D eigenvalue weighted by Gasteiger charge is 2.26. The minimum absolute atomic E-state index is 0.251. The van der Waals surface area contributed by atoms with Gasteiger partial charge in [-0.05, 0) is 56.5 Å². The third kappa shape index (κ3) is 4.78. The molecule has 1 atom stereocenters. The molecular formula is C23H25N7. The smallest absolute Gasteiger partial charge is 0.140 e. The van der Waals surface area contributed by atoms with Crippen LogP contribution in [0.4, 0.5) is 11.5 Å². The van der Waals surface area contributed by atoms with Crippen LogP contribution in [-0.2, 0) is 6.54 Å². The van der Waals surface area contributed by atoms with Gasteiger partial charge in [0.15, 0.2) is 0 Å². The molecule has 1 aliphatic heterocycles. The fraction of sp³-hybridized carbons (Fsp3) is 0.348. The number of nitrogens with zero attached hydrogens (tertiary/aromatic N) is 6. The molecule has 4 heterocycles. The Bertz CT molecular complexity index is 1060. The van der Waals surface area contributed by atoms with Crippen molar-refractivity contribution in [2.45, 2.75) is 45.7 Å². The van der Waals surface area contributed by atoms with Crippen LogP contribution in [0.2, 0.25) is 0 Å². The lowest BCUT2D eigenvalue weighted by atomic mass is 9.98. The normalized spacial score (nSPS) is 16.8. The zero-order chi connectivity index (χ0) is 20.9. The molecule has 0 spiro atoms. The first-order valence-electron chi connectivity index (χ1n) is 10.2. The van der Waals surface area contributed by atoms with Gasteiger partial charge in [-0.1, -0.05) is 12.5 Å². The number of hydrogen-bond donors (Lipinski definition) is 1. The van der Waals surface area contributed by atoms with Crippen molar-refractivity contribution in [2.24, 2.45) is 0 Å². The first kappa shape index (κ1) is 19.9. The van der Waals surface area contributed by atoms with Gasteiger partial charge < -0.3 is 5.32 Å². The number of aromatic nitrogens is 4. The molecule has 0 radical (unpaired) electrons. The Morgan fingerprint density at radius 3 is 2.80 bits per heavy atom. The summed E-state index contributed by atoms with van der Waals surface area (Å²) in [6.45, 7) is 5.91. The third-order valence-electron chi connectivity index (χ3n) is 5.28. The van der Waals surface area contributed by atoms with Crippen LogP contribution in [0.5, 0.6) is 0 Å². The van der Waals surface area contributed by atoms with Gasteiger partial charge in [-0.3, -0.25) is 9.88 Å². The molecule has 0 unspecified atom stereocenters. The molecule has 7 nitrogen and oxygen atoms in total. The maximum Gasteiger partial charge on any atom is 0.140 e. The topological polar surface area (TPSA) is 90.6 Å². The zero-order valence-corrected chi connectivity index (χ0v) is 17.3. The molecule has 7 heteroatoms. The molecule has 1 fully saturated rings. The minimum atomic E-state index is 0.251. The molecule has 152 valence electrons. The molecule has 30 heavy (non-hydrogen) atoms. The molecule has 3 aromatic heterocycles. The van der Waals surface area contributed by atoms with E-state index in [4.69, 9.17) is 10.2 Å². The first-order chi connectivity index (χ1) is 14.6. The second-order valence-corrected chi connectivity index (χ2v) is 7.75. The first-order valence-corrected chi connectivity index (χ1v) is 10.2. The van der Waals surface area contributed by atoms with Gasteiger partial charge in [0.1, 0.15) is 23.4 Å². The summed E-state index contributed by atoms with van der Waals surface area (Å²) in [5, 5.41) is 12.2. The Morgan fingerprint density at radius 2 is 2.03 bits per heavy atom. The highest BCUT2D eigenvalue weighted by Crippen LogP contribution is 2.32. The number of anilines is 2. The summed E-state index contributed by atoms with van der Waals surface area (Å²) in [7, 11) is 0. The average molecular weight is 400 g/mol. The van der Waals surface area contributed by atoms with Crippen molar-refractivity contribution < 1.29 is 0 Å². The van der Waals surface area contributed by atoms with E-state index in [9.17, 15) is 0 Å². The van der Waals surface area contributed by atoms with Gasteiger partial charge in [0, 0.05) is 25.0 Å². The quantitative estimate of drug-likeness (QED) is 0.686. The molecule has 4 rings (SSSR count). The number of nitriles is 1. The van der Waals surface area contributed by atoms with Crippen LogP contribution in [0.3, 0.4) is 0 Å². The monoisotopic (exact) mass is 399 g/mol. The van der Waals surface area contributed by atoms with Crippen LogP contribution in [0.25, 0.3) is 0 Å². The summed E-state index contributed by atoms with van der Waals surface area (Å²) >= 11 is 0. The van der Waals surface area contributed by atoms with Crippen molar-refractivity contribution in [3.8, 4) is 6.07 Å². The van der Waals surface area contributed by atoms with E-state index in [0.717, 1.165) is 42.5 Å². The molecule has 1 saturated heterocycles. The third-order valence-corrected chi connectivity index (χ3v) is 5.28. The van der Waals surface area contributed by atoms with E-state index in [2.05, 4.69) is 38.2 Å². The molecule has 3 aromatic rings. The minimum Gasteiger partial charge on any atom is -0.339 e. The van der Waals surface area contributed by atoms with Crippen molar-refractivity contribution in [1.29, 1.82) is 5.26 Å². The summed E-state index contributed by atoms with van der Waals surface area (Å²) in [6, 6.07) is 10.0. The highest BCUT2D eigenvalue weighted by molar-refractivity contribution is 5.55. The SMILES string of the molecule is Cc1cncc(CN2CCCC[C@@H]2c2cc(Nc3ccc(C#N)nc3)nc(C)n2)c1. The van der Waals surface area contributed by atoms with E-state index in [0.29, 0.717) is 5.69 Å². The lowest BCUT2D eigenvalue weighted by molar-refractivity contribution is 0.137. The Labute approximate surface area is 176 Å². The molecule has 0 bridgehead atoms. The van der Waals surface area contributed by atoms with Crippen LogP contribution in [0.1, 0.15) is 53.6 Å². The fourth-order valence-corrected chi connectivity index (χ4v) is 3.96. The van der Waals surface area contributed by atoms with Crippen LogP contribution in [-0.4, -0.2) is 31.4 Å². The predicted molar refractivity (Wildman–Crippen MR) is 115 cm³/mol. The number of aryl methyl sites for hydroxylation is 2. The van der Waals surface area contributed by atoms with Crippen molar-refractivity contribution in [1.82, 2.24) is 24.8 Å². The van der Waals surface area contributed by atoms with E-state index < -0.39 is 0 Å². The molecule has 0 aliphatic carbocycles. The van der Waals surface area contributed by atoms with Gasteiger partial charge in [0.25, 0.3) is 0 Å². The van der Waals surface area contributed by atoms with E-state index >= 15 is 0 Å². The summed E-state index contributed by atoms with van der Waals surface area (Å²) in [5.41, 5.74) is 4.64. The molecule has 0 saturated carbocycles. The number of hydrogen-bond acceptors (Lipinski definition) is 7. The van der Waals surface area contributed by atoms with Gasteiger partial charge >= 0.3 is 0 Å². The second kappa shape index (κ2) is 8.97. The number of likely N-dealkylation sites (tertiary alicyclic amines) is 1. The van der Waals surface area contributed by atoms with Crippen LogP contribution >= 0.6 is 0 Å².